The number of hydrogen-bond acceptors (Lipinski definition) is 0. The topological polar surface area (TPSA) is 0 Å². The van der Waals surface area contributed by atoms with Gasteiger partial charge in [0.25, 0.3) is 0 Å². The minimum atomic E-state index is 0.924. The molecule has 2 unspecified atom stereocenters. The lowest BCUT2D eigenvalue weighted by atomic mass is 9.94. The van der Waals surface area contributed by atoms with E-state index in [4.69, 9.17) is 0 Å². The van der Waals surface area contributed by atoms with Crippen molar-refractivity contribution in [2.24, 2.45) is 11.8 Å². The Morgan fingerprint density at radius 1 is 0.688 bits per heavy atom. The first-order valence-electron chi connectivity index (χ1n) is 7.43. The highest BCUT2D eigenvalue weighted by Crippen LogP contribution is 2.18. The van der Waals surface area contributed by atoms with E-state index in [1.54, 1.807) is 0 Å². The van der Waals surface area contributed by atoms with E-state index in [-0.39, 0.29) is 0 Å². The second-order valence-electron chi connectivity index (χ2n) is 5.07. The van der Waals surface area contributed by atoms with Crippen LogP contribution in [-0.2, 0) is 0 Å². The lowest BCUT2D eigenvalue weighted by molar-refractivity contribution is 0.460. The highest BCUT2D eigenvalue weighted by molar-refractivity contribution is 4.85. The van der Waals surface area contributed by atoms with Gasteiger partial charge < -0.3 is 0 Å². The third kappa shape index (κ3) is 7.96. The van der Waals surface area contributed by atoms with Gasteiger partial charge in [0.05, 0.1) is 0 Å². The Balaban J connectivity index is 3.72. The predicted octanol–water partition coefficient (Wildman–Crippen LogP) is 5.98. The molecule has 16 heavy (non-hydrogen) atoms. The second-order valence-corrected chi connectivity index (χ2v) is 5.07. The van der Waals surface area contributed by atoms with Crippen LogP contribution in [0.3, 0.4) is 0 Å². The molecule has 0 nitrogen and oxygen atoms in total. The van der Waals surface area contributed by atoms with E-state index in [2.05, 4.69) is 39.8 Å². The van der Waals surface area contributed by atoms with Gasteiger partial charge in [0.2, 0.25) is 0 Å². The SMILES string of the molecule is CCCC(CC)CC=CCC(CC)CCC. The van der Waals surface area contributed by atoms with E-state index in [1.807, 2.05) is 0 Å². The van der Waals surface area contributed by atoms with Crippen LogP contribution in [0.15, 0.2) is 12.2 Å². The van der Waals surface area contributed by atoms with Crippen LogP contribution in [0.4, 0.5) is 0 Å². The van der Waals surface area contributed by atoms with Crippen molar-refractivity contribution in [3.63, 3.8) is 0 Å². The maximum absolute atomic E-state index is 2.43. The van der Waals surface area contributed by atoms with Gasteiger partial charge in [0.1, 0.15) is 0 Å². The van der Waals surface area contributed by atoms with Gasteiger partial charge in [-0.1, -0.05) is 78.4 Å². The monoisotopic (exact) mass is 224 g/mol. The van der Waals surface area contributed by atoms with Crippen LogP contribution < -0.4 is 0 Å². The van der Waals surface area contributed by atoms with Crippen LogP contribution in [0.5, 0.6) is 0 Å². The van der Waals surface area contributed by atoms with Crippen LogP contribution in [0, 0.1) is 11.8 Å². The Kier molecular flexibility index (Phi) is 11.0. The van der Waals surface area contributed by atoms with Gasteiger partial charge in [0.15, 0.2) is 0 Å². The summed E-state index contributed by atoms with van der Waals surface area (Å²) in [5.74, 6) is 1.85. The molecule has 0 aromatic carbocycles. The largest absolute Gasteiger partial charge is 0.0883 e. The van der Waals surface area contributed by atoms with Gasteiger partial charge in [-0.15, -0.1) is 0 Å². The van der Waals surface area contributed by atoms with E-state index in [0.29, 0.717) is 0 Å². The Hall–Kier alpha value is -0.260. The van der Waals surface area contributed by atoms with Crippen LogP contribution in [-0.4, -0.2) is 0 Å². The molecule has 0 bridgehead atoms. The molecule has 0 aromatic heterocycles. The van der Waals surface area contributed by atoms with E-state index >= 15 is 0 Å². The molecule has 0 saturated carbocycles. The zero-order valence-corrected chi connectivity index (χ0v) is 12.0. The van der Waals surface area contributed by atoms with Gasteiger partial charge in [-0.2, -0.15) is 0 Å². The Morgan fingerprint density at radius 2 is 1.06 bits per heavy atom. The summed E-state index contributed by atoms with van der Waals surface area (Å²) in [5.41, 5.74) is 0. The third-order valence-corrected chi connectivity index (χ3v) is 3.65. The molecule has 0 aliphatic carbocycles. The molecule has 0 fully saturated rings. The molecule has 0 aliphatic rings. The zero-order valence-electron chi connectivity index (χ0n) is 12.0. The number of rotatable bonds is 10. The van der Waals surface area contributed by atoms with Crippen LogP contribution >= 0.6 is 0 Å². The maximum atomic E-state index is 2.43. The minimum absolute atomic E-state index is 0.924. The van der Waals surface area contributed by atoms with Crippen molar-refractivity contribution in [1.29, 1.82) is 0 Å². The summed E-state index contributed by atoms with van der Waals surface area (Å²) in [6.07, 6.45) is 15.6. The molecule has 0 amide bonds. The Morgan fingerprint density at radius 3 is 1.31 bits per heavy atom. The molecule has 96 valence electrons. The van der Waals surface area contributed by atoms with Crippen molar-refractivity contribution in [2.45, 2.75) is 79.1 Å². The second kappa shape index (κ2) is 11.2. The molecule has 0 spiro atoms. The van der Waals surface area contributed by atoms with Crippen molar-refractivity contribution >= 4 is 0 Å². The van der Waals surface area contributed by atoms with Crippen molar-refractivity contribution in [2.75, 3.05) is 0 Å². The molecule has 0 rings (SSSR count). The average Bonchev–Trinajstić information content (AvgIpc) is 2.31. The summed E-state index contributed by atoms with van der Waals surface area (Å²) in [4.78, 5) is 0. The summed E-state index contributed by atoms with van der Waals surface area (Å²) in [6, 6.07) is 0. The van der Waals surface area contributed by atoms with E-state index in [0.717, 1.165) is 11.8 Å². The third-order valence-electron chi connectivity index (χ3n) is 3.65. The lowest BCUT2D eigenvalue weighted by Crippen LogP contribution is -1.97. The normalized spacial score (nSPS) is 15.5. The van der Waals surface area contributed by atoms with Gasteiger partial charge in [-0.3, -0.25) is 0 Å². The first-order chi connectivity index (χ1) is 7.78. The van der Waals surface area contributed by atoms with Crippen molar-refractivity contribution in [3.05, 3.63) is 12.2 Å². The van der Waals surface area contributed by atoms with Crippen LogP contribution in [0.25, 0.3) is 0 Å². The summed E-state index contributed by atoms with van der Waals surface area (Å²) in [7, 11) is 0. The van der Waals surface area contributed by atoms with Crippen LogP contribution in [0.1, 0.15) is 79.1 Å². The zero-order chi connectivity index (χ0) is 12.2. The van der Waals surface area contributed by atoms with Crippen molar-refractivity contribution in [3.8, 4) is 0 Å². The number of hydrogen-bond donors (Lipinski definition) is 0. The standard InChI is InChI=1S/C16H32/c1-5-11-15(7-3)13-9-10-14-16(8-4)12-6-2/h9-10,15-16H,5-8,11-14H2,1-4H3. The quantitative estimate of drug-likeness (QED) is 0.401. The minimum Gasteiger partial charge on any atom is -0.0883 e. The molecule has 0 radical (unpaired) electrons. The van der Waals surface area contributed by atoms with E-state index < -0.39 is 0 Å². The smallest absolute Gasteiger partial charge is 0.0322 e. The molecule has 0 heterocycles. The van der Waals surface area contributed by atoms with Gasteiger partial charge in [-0.05, 0) is 24.7 Å². The summed E-state index contributed by atoms with van der Waals surface area (Å²) >= 11 is 0. The Labute approximate surface area is 104 Å². The molecule has 0 aromatic rings. The molecule has 0 saturated heterocycles. The fraction of sp³-hybridized carbons (Fsp3) is 0.875. The number of allylic oxidation sites excluding steroid dienone is 2. The summed E-state index contributed by atoms with van der Waals surface area (Å²) < 4.78 is 0. The highest BCUT2D eigenvalue weighted by atomic mass is 14.1. The van der Waals surface area contributed by atoms with Crippen molar-refractivity contribution in [1.82, 2.24) is 0 Å². The molecule has 0 heteroatoms. The molecule has 2 atom stereocenters. The average molecular weight is 224 g/mol. The van der Waals surface area contributed by atoms with Gasteiger partial charge in [0, 0.05) is 0 Å². The molecule has 0 aliphatic heterocycles. The fourth-order valence-electron chi connectivity index (χ4n) is 2.37. The Bertz CT molecular complexity index is 139. The molecule has 0 N–H and O–H groups in total. The van der Waals surface area contributed by atoms with E-state index in [9.17, 15) is 0 Å². The van der Waals surface area contributed by atoms with Crippen LogP contribution in [0.2, 0.25) is 0 Å². The molecular formula is C16H32. The predicted molar refractivity (Wildman–Crippen MR) is 75.8 cm³/mol. The van der Waals surface area contributed by atoms with E-state index in [1.165, 1.54) is 51.4 Å². The summed E-state index contributed by atoms with van der Waals surface area (Å²) in [6.45, 7) is 9.22. The maximum Gasteiger partial charge on any atom is -0.0322 e. The van der Waals surface area contributed by atoms with Crippen molar-refractivity contribution < 1.29 is 0 Å². The van der Waals surface area contributed by atoms with Gasteiger partial charge >= 0.3 is 0 Å². The first-order valence-corrected chi connectivity index (χ1v) is 7.43. The fourth-order valence-corrected chi connectivity index (χ4v) is 2.37. The lowest BCUT2D eigenvalue weighted by Gasteiger charge is -2.12. The van der Waals surface area contributed by atoms with Gasteiger partial charge in [-0.25, -0.2) is 0 Å². The molecular weight excluding hydrogens is 192 g/mol. The summed E-state index contributed by atoms with van der Waals surface area (Å²) in [5, 5.41) is 0. The first kappa shape index (κ1) is 15.7. The highest BCUT2D eigenvalue weighted by Gasteiger charge is 2.03.